The van der Waals surface area contributed by atoms with Gasteiger partial charge in [0.2, 0.25) is 0 Å². The van der Waals surface area contributed by atoms with E-state index in [2.05, 4.69) is 0 Å². The van der Waals surface area contributed by atoms with Gasteiger partial charge in [-0.2, -0.15) is 0 Å². The van der Waals surface area contributed by atoms with Crippen molar-refractivity contribution >= 4 is 22.9 Å². The summed E-state index contributed by atoms with van der Waals surface area (Å²) < 4.78 is 28.2. The fourth-order valence-corrected chi connectivity index (χ4v) is 2.49. The van der Waals surface area contributed by atoms with E-state index in [1.807, 2.05) is 13.8 Å². The Balaban J connectivity index is 3.76. The summed E-state index contributed by atoms with van der Waals surface area (Å²) in [5.74, 6) is -0.531. The second-order valence-electron chi connectivity index (χ2n) is 4.43. The van der Waals surface area contributed by atoms with Gasteiger partial charge in [-0.1, -0.05) is 0 Å². The largest absolute Gasteiger partial charge is 0.755 e. The van der Waals surface area contributed by atoms with E-state index in [4.69, 9.17) is 4.74 Å². The third-order valence-corrected chi connectivity index (χ3v) is 4.21. The van der Waals surface area contributed by atoms with E-state index in [0.29, 0.717) is 11.3 Å². The summed E-state index contributed by atoms with van der Waals surface area (Å²) in [4.78, 5) is 11.9. The maximum absolute atomic E-state index is 11.9. The molecule has 0 spiro atoms. The Labute approximate surface area is 116 Å². The standard InChI is InChI=1S/C13H19NO4S/c1-7-8(2)10(4)12(14(5)19(16)17)11(9(7)3)13(15)18-6/h1-6H3,(H,16,17)/p-1. The van der Waals surface area contributed by atoms with Crippen molar-refractivity contribution in [1.29, 1.82) is 0 Å². The number of methoxy groups -OCH3 is 1. The van der Waals surface area contributed by atoms with Crippen LogP contribution in [0.25, 0.3) is 0 Å². The topological polar surface area (TPSA) is 69.7 Å². The zero-order valence-electron chi connectivity index (χ0n) is 12.0. The van der Waals surface area contributed by atoms with Crippen LogP contribution in [0.2, 0.25) is 0 Å². The van der Waals surface area contributed by atoms with Crippen LogP contribution >= 0.6 is 0 Å². The maximum Gasteiger partial charge on any atom is 0.340 e. The molecule has 0 aliphatic carbocycles. The normalized spacial score (nSPS) is 12.2. The van der Waals surface area contributed by atoms with E-state index < -0.39 is 17.2 Å². The molecule has 0 heterocycles. The van der Waals surface area contributed by atoms with Crippen LogP contribution < -0.4 is 4.31 Å². The van der Waals surface area contributed by atoms with Crippen molar-refractivity contribution in [2.75, 3.05) is 18.5 Å². The molecule has 5 nitrogen and oxygen atoms in total. The lowest BCUT2D eigenvalue weighted by Crippen LogP contribution is -2.25. The molecule has 1 unspecified atom stereocenters. The third kappa shape index (κ3) is 2.64. The average Bonchev–Trinajstić information content (AvgIpc) is 2.38. The van der Waals surface area contributed by atoms with Crippen molar-refractivity contribution in [3.05, 3.63) is 27.8 Å². The highest BCUT2D eigenvalue weighted by Crippen LogP contribution is 2.34. The predicted molar refractivity (Wildman–Crippen MR) is 74.1 cm³/mol. The van der Waals surface area contributed by atoms with Crippen LogP contribution in [0.5, 0.6) is 0 Å². The van der Waals surface area contributed by atoms with Gasteiger partial charge in [-0.3, -0.25) is 4.21 Å². The van der Waals surface area contributed by atoms with Gasteiger partial charge in [-0.25, -0.2) is 4.79 Å². The minimum atomic E-state index is -2.45. The van der Waals surface area contributed by atoms with Gasteiger partial charge in [0.05, 0.1) is 18.4 Å². The van der Waals surface area contributed by atoms with Gasteiger partial charge in [0.1, 0.15) is 0 Å². The van der Waals surface area contributed by atoms with E-state index in [1.54, 1.807) is 13.8 Å². The molecule has 0 radical (unpaired) electrons. The summed E-state index contributed by atoms with van der Waals surface area (Å²) in [6.07, 6.45) is 0. The molecule has 0 aliphatic rings. The van der Waals surface area contributed by atoms with Gasteiger partial charge < -0.3 is 13.6 Å². The SMILES string of the molecule is COC(=O)c1c(C)c(C)c(C)c(C)c1N(C)S(=O)[O-]. The molecule has 19 heavy (non-hydrogen) atoms. The lowest BCUT2D eigenvalue weighted by atomic mass is 9.92. The van der Waals surface area contributed by atoms with E-state index in [0.717, 1.165) is 26.6 Å². The van der Waals surface area contributed by atoms with Gasteiger partial charge in [0.25, 0.3) is 0 Å². The Bertz CT molecular complexity index is 554. The lowest BCUT2D eigenvalue weighted by molar-refractivity contribution is 0.0600. The summed E-state index contributed by atoms with van der Waals surface area (Å²) in [7, 11) is 2.69. The molecule has 1 aromatic rings. The number of rotatable bonds is 3. The molecule has 1 aromatic carbocycles. The Morgan fingerprint density at radius 3 is 2.00 bits per heavy atom. The van der Waals surface area contributed by atoms with Crippen LogP contribution in [0, 0.1) is 27.7 Å². The second kappa shape index (κ2) is 5.71. The number of carbonyl (C=O) groups is 1. The second-order valence-corrected chi connectivity index (χ2v) is 5.41. The monoisotopic (exact) mass is 284 g/mol. The van der Waals surface area contributed by atoms with Crippen LogP contribution in [0.15, 0.2) is 0 Å². The molecule has 6 heteroatoms. The first-order valence-corrected chi connectivity index (χ1v) is 6.79. The molecule has 106 valence electrons. The van der Waals surface area contributed by atoms with Crippen molar-refractivity contribution < 1.29 is 18.3 Å². The maximum atomic E-state index is 11.9. The van der Waals surface area contributed by atoms with Crippen molar-refractivity contribution in [3.63, 3.8) is 0 Å². The molecule has 0 saturated carbocycles. The molecule has 0 aromatic heterocycles. The molecular weight excluding hydrogens is 266 g/mol. The summed E-state index contributed by atoms with van der Waals surface area (Å²) >= 11 is -2.45. The summed E-state index contributed by atoms with van der Waals surface area (Å²) in [5, 5.41) is 0. The van der Waals surface area contributed by atoms with Crippen molar-refractivity contribution in [1.82, 2.24) is 0 Å². The first-order valence-electron chi connectivity index (χ1n) is 5.75. The molecule has 0 amide bonds. The number of nitrogens with zero attached hydrogens (tertiary/aromatic N) is 1. The first kappa shape index (κ1) is 15.7. The first-order chi connectivity index (χ1) is 8.73. The number of hydrogen-bond acceptors (Lipinski definition) is 4. The molecule has 0 N–H and O–H groups in total. The van der Waals surface area contributed by atoms with Gasteiger partial charge in [-0.15, -0.1) is 0 Å². The number of ether oxygens (including phenoxy) is 1. The fourth-order valence-electron chi connectivity index (χ4n) is 2.11. The molecule has 0 saturated heterocycles. The molecule has 0 fully saturated rings. The van der Waals surface area contributed by atoms with Crippen LogP contribution in [-0.4, -0.2) is 28.9 Å². The zero-order chi connectivity index (χ0) is 14.9. The summed E-state index contributed by atoms with van der Waals surface area (Å²) in [6, 6.07) is 0. The summed E-state index contributed by atoms with van der Waals surface area (Å²) in [6.45, 7) is 7.40. The number of anilines is 1. The van der Waals surface area contributed by atoms with Crippen molar-refractivity contribution in [3.8, 4) is 0 Å². The fraction of sp³-hybridized carbons (Fsp3) is 0.462. The Hall–Kier alpha value is -1.40. The minimum Gasteiger partial charge on any atom is -0.755 e. The molecule has 0 aliphatic heterocycles. The van der Waals surface area contributed by atoms with Crippen LogP contribution in [0.4, 0.5) is 5.69 Å². The van der Waals surface area contributed by atoms with E-state index >= 15 is 0 Å². The van der Waals surface area contributed by atoms with Crippen molar-refractivity contribution in [2.24, 2.45) is 0 Å². The molecule has 0 bridgehead atoms. The smallest absolute Gasteiger partial charge is 0.340 e. The lowest BCUT2D eigenvalue weighted by Gasteiger charge is -2.28. The van der Waals surface area contributed by atoms with E-state index in [-0.39, 0.29) is 0 Å². The van der Waals surface area contributed by atoms with Crippen LogP contribution in [0.1, 0.15) is 32.6 Å². The number of carbonyl (C=O) groups excluding carboxylic acids is 1. The quantitative estimate of drug-likeness (QED) is 0.628. The average molecular weight is 284 g/mol. The zero-order valence-corrected chi connectivity index (χ0v) is 12.8. The molecule has 1 rings (SSSR count). The minimum absolute atomic E-state index is 0.301. The van der Waals surface area contributed by atoms with Crippen LogP contribution in [0.3, 0.4) is 0 Å². The Morgan fingerprint density at radius 1 is 1.11 bits per heavy atom. The number of benzene rings is 1. The summed E-state index contributed by atoms with van der Waals surface area (Å²) in [5.41, 5.74) is 4.11. The molecular formula is C13H18NO4S-. The van der Waals surface area contributed by atoms with Crippen LogP contribution in [-0.2, 0) is 16.0 Å². The van der Waals surface area contributed by atoms with Gasteiger partial charge >= 0.3 is 5.97 Å². The predicted octanol–water partition coefficient (Wildman–Crippen LogP) is 1.94. The highest BCUT2D eigenvalue weighted by molar-refractivity contribution is 7.80. The van der Waals surface area contributed by atoms with E-state index in [9.17, 15) is 13.6 Å². The molecule has 1 atom stereocenters. The number of esters is 1. The van der Waals surface area contributed by atoms with Gasteiger partial charge in [0, 0.05) is 18.3 Å². The van der Waals surface area contributed by atoms with E-state index in [1.165, 1.54) is 14.2 Å². The highest BCUT2D eigenvalue weighted by Gasteiger charge is 2.23. The third-order valence-electron chi connectivity index (χ3n) is 3.58. The Morgan fingerprint density at radius 2 is 1.58 bits per heavy atom. The van der Waals surface area contributed by atoms with Gasteiger partial charge in [-0.05, 0) is 49.9 Å². The number of hydrogen-bond donors (Lipinski definition) is 0. The highest BCUT2D eigenvalue weighted by atomic mass is 32.2. The Kier molecular flexibility index (Phi) is 4.70. The van der Waals surface area contributed by atoms with Gasteiger partial charge in [0.15, 0.2) is 0 Å². The van der Waals surface area contributed by atoms with Crippen molar-refractivity contribution in [2.45, 2.75) is 27.7 Å².